The maximum Gasteiger partial charge on any atom is 2.00 e. The maximum atomic E-state index is 11.2. The third-order valence-electron chi connectivity index (χ3n) is 5.22. The first kappa shape index (κ1) is 31.4. The van der Waals surface area contributed by atoms with Gasteiger partial charge in [0, 0.05) is 65.4 Å². The fourth-order valence-electron chi connectivity index (χ4n) is 3.52. The molecular formula is C18H32CaN4O9. The average Bonchev–Trinajstić information content (AvgIpc) is 2.68. The van der Waals surface area contributed by atoms with Gasteiger partial charge >= 0.3 is 43.7 Å². The molecule has 0 aliphatic carbocycles. The molecule has 4 N–H and O–H groups in total. The number of aliphatic hydroxyl groups is 3. The van der Waals surface area contributed by atoms with Crippen molar-refractivity contribution in [2.75, 3.05) is 85.2 Å². The minimum atomic E-state index is -1.30. The van der Waals surface area contributed by atoms with Crippen molar-refractivity contribution in [3.63, 3.8) is 0 Å². The van der Waals surface area contributed by atoms with Crippen molar-refractivity contribution in [2.24, 2.45) is 0 Å². The van der Waals surface area contributed by atoms with Crippen molar-refractivity contribution in [2.45, 2.75) is 12.1 Å². The van der Waals surface area contributed by atoms with E-state index in [1.165, 1.54) is 0 Å². The Morgan fingerprint density at radius 1 is 0.719 bits per heavy atom. The number of carboxylic acid groups (broad SMARTS) is 3. The molecule has 0 aromatic heterocycles. The van der Waals surface area contributed by atoms with Crippen LogP contribution in [0, 0.1) is 0 Å². The summed E-state index contributed by atoms with van der Waals surface area (Å²) in [5.74, 6) is -3.65. The summed E-state index contributed by atoms with van der Waals surface area (Å²) >= 11 is 0. The van der Waals surface area contributed by atoms with E-state index in [2.05, 4.69) is 0 Å². The molecule has 0 spiro atoms. The Morgan fingerprint density at radius 2 is 1.09 bits per heavy atom. The summed E-state index contributed by atoms with van der Waals surface area (Å²) in [4.78, 5) is 39.8. The molecule has 0 aromatic carbocycles. The van der Waals surface area contributed by atoms with E-state index in [1.54, 1.807) is 19.6 Å². The minimum absolute atomic E-state index is 0. The van der Waals surface area contributed by atoms with E-state index in [1.807, 2.05) is 0 Å². The van der Waals surface area contributed by atoms with Gasteiger partial charge in [-0.2, -0.15) is 0 Å². The zero-order valence-corrected chi connectivity index (χ0v) is 20.4. The second-order valence-electron chi connectivity index (χ2n) is 7.50. The summed E-state index contributed by atoms with van der Waals surface area (Å²) in [5.41, 5.74) is 0. The van der Waals surface area contributed by atoms with Gasteiger partial charge in [0.25, 0.3) is 0 Å². The van der Waals surface area contributed by atoms with E-state index < -0.39 is 43.3 Å². The predicted molar refractivity (Wildman–Crippen MR) is 108 cm³/mol. The summed E-state index contributed by atoms with van der Waals surface area (Å²) in [6.45, 7) is -0.299. The molecule has 0 amide bonds. The van der Waals surface area contributed by atoms with Gasteiger partial charge in [-0.05, 0) is 0 Å². The Labute approximate surface area is 216 Å². The fourth-order valence-corrected chi connectivity index (χ4v) is 3.52. The average molecular weight is 489 g/mol. The van der Waals surface area contributed by atoms with Crippen LogP contribution in [0.3, 0.4) is 0 Å². The van der Waals surface area contributed by atoms with Gasteiger partial charge in [-0.25, -0.2) is 0 Å². The molecule has 1 rings (SSSR count). The molecule has 1 aliphatic heterocycles. The number of hydrogen-bond donors (Lipinski definition) is 4. The number of hydrogen-bond acceptors (Lipinski definition) is 12. The number of carbonyl (C=O) groups is 3. The van der Waals surface area contributed by atoms with Gasteiger partial charge in [-0.1, -0.05) is 0 Å². The van der Waals surface area contributed by atoms with E-state index in [0.717, 1.165) is 0 Å². The minimum Gasteiger partial charge on any atom is -0.549 e. The molecule has 32 heavy (non-hydrogen) atoms. The quantitative estimate of drug-likeness (QED) is 0.212. The molecule has 13 nitrogen and oxygen atoms in total. The third-order valence-corrected chi connectivity index (χ3v) is 5.22. The SMILES string of the molecule is O=C([O-])CN1CCN(CC(=O)[O-])CCN([C@H](CO)[C@H](O)CO)CCN(CC(=O)O)CC1.[Ca+2]. The van der Waals surface area contributed by atoms with E-state index >= 15 is 0 Å². The number of carboxylic acids is 3. The van der Waals surface area contributed by atoms with Gasteiger partial charge in [0.2, 0.25) is 0 Å². The van der Waals surface area contributed by atoms with Gasteiger partial charge in [0.15, 0.2) is 0 Å². The van der Waals surface area contributed by atoms with E-state index in [4.69, 9.17) is 0 Å². The summed E-state index contributed by atoms with van der Waals surface area (Å²) < 4.78 is 0. The van der Waals surface area contributed by atoms with Crippen LogP contribution in [0.1, 0.15) is 0 Å². The number of nitrogens with zero attached hydrogens (tertiary/aromatic N) is 4. The van der Waals surface area contributed by atoms with Crippen molar-refractivity contribution >= 4 is 55.6 Å². The van der Waals surface area contributed by atoms with Crippen molar-refractivity contribution in [3.8, 4) is 0 Å². The molecular weight excluding hydrogens is 456 g/mol. The molecule has 2 atom stereocenters. The predicted octanol–water partition coefficient (Wildman–Crippen LogP) is -6.87. The van der Waals surface area contributed by atoms with Gasteiger partial charge < -0.3 is 40.2 Å². The number of aliphatic hydroxyl groups excluding tert-OH is 3. The first-order chi connectivity index (χ1) is 14.7. The molecule has 1 saturated heterocycles. The smallest absolute Gasteiger partial charge is 0.549 e. The Hall–Kier alpha value is -0.610. The van der Waals surface area contributed by atoms with Crippen molar-refractivity contribution in [1.82, 2.24) is 19.6 Å². The van der Waals surface area contributed by atoms with Crippen LogP contribution >= 0.6 is 0 Å². The summed E-state index contributed by atoms with van der Waals surface area (Å²) in [6.07, 6.45) is -1.24. The van der Waals surface area contributed by atoms with Crippen LogP contribution in [-0.4, -0.2) is 193 Å². The molecule has 0 radical (unpaired) electrons. The van der Waals surface area contributed by atoms with Crippen LogP contribution in [0.5, 0.6) is 0 Å². The Morgan fingerprint density at radius 3 is 1.41 bits per heavy atom. The maximum absolute atomic E-state index is 11.2. The first-order valence-electron chi connectivity index (χ1n) is 10.1. The Bertz CT molecular complexity index is 555. The van der Waals surface area contributed by atoms with Gasteiger partial charge in [0.1, 0.15) is 0 Å². The topological polar surface area (TPSA) is 191 Å². The second kappa shape index (κ2) is 16.9. The van der Waals surface area contributed by atoms with Crippen LogP contribution in [0.2, 0.25) is 0 Å². The Balaban J connectivity index is 0.00000961. The van der Waals surface area contributed by atoms with Crippen molar-refractivity contribution < 1.29 is 45.0 Å². The van der Waals surface area contributed by atoms with Crippen molar-refractivity contribution in [1.29, 1.82) is 0 Å². The molecule has 0 bridgehead atoms. The van der Waals surface area contributed by atoms with Crippen LogP contribution in [0.4, 0.5) is 0 Å². The van der Waals surface area contributed by atoms with Gasteiger partial charge in [-0.15, -0.1) is 0 Å². The molecule has 0 saturated carbocycles. The van der Waals surface area contributed by atoms with Gasteiger partial charge in [0.05, 0.1) is 43.8 Å². The molecule has 14 heteroatoms. The van der Waals surface area contributed by atoms with Crippen LogP contribution in [0.15, 0.2) is 0 Å². The molecule has 1 fully saturated rings. The van der Waals surface area contributed by atoms with Crippen LogP contribution < -0.4 is 10.2 Å². The summed E-state index contributed by atoms with van der Waals surface area (Å²) in [6, 6.07) is -0.820. The molecule has 0 aromatic rings. The fraction of sp³-hybridized carbons (Fsp3) is 0.833. The van der Waals surface area contributed by atoms with E-state index in [9.17, 15) is 45.0 Å². The first-order valence-corrected chi connectivity index (χ1v) is 10.1. The molecule has 1 aliphatic rings. The standard InChI is InChI=1S/C18H34N4O9.Ca/c23-12-14(15(25)13-24)22-7-5-20(10-17(28)29)3-1-19(9-16(26)27)2-4-21(6-8-22)11-18(30)31;/h14-15,23-25H,1-13H2,(H,26,27)(H,28,29)(H,30,31);/q;+2/p-2/t14-,15-;/m1./s1. The van der Waals surface area contributed by atoms with E-state index in [-0.39, 0.29) is 110 Å². The van der Waals surface area contributed by atoms with E-state index in [0.29, 0.717) is 0 Å². The largest absolute Gasteiger partial charge is 2.00 e. The van der Waals surface area contributed by atoms with Crippen molar-refractivity contribution in [3.05, 3.63) is 0 Å². The Kier molecular flexibility index (Phi) is 16.6. The molecule has 1 heterocycles. The van der Waals surface area contributed by atoms with Gasteiger partial charge in [-0.3, -0.25) is 24.4 Å². The molecule has 0 unspecified atom stereocenters. The summed E-state index contributed by atoms with van der Waals surface area (Å²) in [7, 11) is 0. The monoisotopic (exact) mass is 488 g/mol. The third kappa shape index (κ3) is 12.6. The summed E-state index contributed by atoms with van der Waals surface area (Å²) in [5, 5.41) is 60.4. The molecule has 180 valence electrons. The second-order valence-corrected chi connectivity index (χ2v) is 7.50. The number of aliphatic carboxylic acids is 3. The number of rotatable bonds is 10. The number of carbonyl (C=O) groups excluding carboxylic acids is 2. The zero-order valence-electron chi connectivity index (χ0n) is 18.2. The zero-order chi connectivity index (χ0) is 23.4. The van der Waals surface area contributed by atoms with Crippen LogP contribution in [-0.2, 0) is 14.4 Å². The van der Waals surface area contributed by atoms with Crippen LogP contribution in [0.25, 0.3) is 0 Å². The normalized spacial score (nSPS) is 20.3.